The second kappa shape index (κ2) is 5.16. The molecule has 1 aromatic rings. The molecule has 1 aliphatic rings. The van der Waals surface area contributed by atoms with Gasteiger partial charge in [0, 0.05) is 24.7 Å². The number of nitrogens with zero attached hydrogens (tertiary/aromatic N) is 2. The zero-order chi connectivity index (χ0) is 15.8. The van der Waals surface area contributed by atoms with Crippen LogP contribution in [0.25, 0.3) is 0 Å². The monoisotopic (exact) mass is 291 g/mol. The summed E-state index contributed by atoms with van der Waals surface area (Å²) in [4.78, 5) is 35.8. The normalized spacial score (nSPS) is 17.3. The first-order valence-corrected chi connectivity index (χ1v) is 6.60. The van der Waals surface area contributed by atoms with Crippen molar-refractivity contribution >= 4 is 23.1 Å². The molecular formula is C14H17N3O4. The Morgan fingerprint density at radius 2 is 2.10 bits per heavy atom. The molecule has 1 amide bonds. The smallest absolute Gasteiger partial charge is 0.293 e. The first-order chi connectivity index (χ1) is 9.75. The molecule has 0 bridgehead atoms. The fourth-order valence-electron chi connectivity index (χ4n) is 2.44. The second-order valence-electron chi connectivity index (χ2n) is 5.48. The molecule has 0 radical (unpaired) electrons. The van der Waals surface area contributed by atoms with Gasteiger partial charge in [-0.15, -0.1) is 0 Å². The zero-order valence-corrected chi connectivity index (χ0v) is 12.2. The number of nitro benzene ring substituents is 1. The van der Waals surface area contributed by atoms with E-state index < -0.39 is 10.5 Å². The Labute approximate surface area is 122 Å². The van der Waals surface area contributed by atoms with Crippen LogP contribution in [0.3, 0.4) is 0 Å². The first kappa shape index (κ1) is 15.0. The highest BCUT2D eigenvalue weighted by atomic mass is 16.6. The highest BCUT2D eigenvalue weighted by Gasteiger charge is 2.40. The molecule has 1 saturated heterocycles. The lowest BCUT2D eigenvalue weighted by molar-refractivity contribution is -0.384. The standard InChI is InChI=1S/C14H17N3O4/c1-9(18)10-4-5-11(12(8-10)17(20)21)16-7-6-15-13(19)14(16,2)3/h4-5,8H,6-7H2,1-3H3,(H,15,19). The summed E-state index contributed by atoms with van der Waals surface area (Å²) in [5.74, 6) is -0.418. The number of carbonyl (C=O) groups is 2. The Morgan fingerprint density at radius 1 is 1.43 bits per heavy atom. The molecule has 0 aliphatic carbocycles. The van der Waals surface area contributed by atoms with Gasteiger partial charge in [-0.2, -0.15) is 0 Å². The molecule has 0 spiro atoms. The fraction of sp³-hybridized carbons (Fsp3) is 0.429. The van der Waals surface area contributed by atoms with E-state index in [1.54, 1.807) is 24.8 Å². The predicted molar refractivity (Wildman–Crippen MR) is 77.5 cm³/mol. The van der Waals surface area contributed by atoms with E-state index in [-0.39, 0.29) is 22.9 Å². The molecule has 1 heterocycles. The molecule has 1 aliphatic heterocycles. The van der Waals surface area contributed by atoms with E-state index in [0.717, 1.165) is 0 Å². The van der Waals surface area contributed by atoms with Gasteiger partial charge in [-0.25, -0.2) is 0 Å². The second-order valence-corrected chi connectivity index (χ2v) is 5.48. The number of carbonyl (C=O) groups excluding carboxylic acids is 2. The average Bonchev–Trinajstić information content (AvgIpc) is 2.41. The minimum atomic E-state index is -0.888. The Balaban J connectivity index is 2.55. The largest absolute Gasteiger partial charge is 0.352 e. The quantitative estimate of drug-likeness (QED) is 0.517. The summed E-state index contributed by atoms with van der Waals surface area (Å²) in [5.41, 5.74) is -0.416. The number of nitrogens with one attached hydrogen (secondary N) is 1. The highest BCUT2D eigenvalue weighted by molar-refractivity contribution is 5.96. The summed E-state index contributed by atoms with van der Waals surface area (Å²) in [6.07, 6.45) is 0. The molecule has 7 heteroatoms. The summed E-state index contributed by atoms with van der Waals surface area (Å²) in [5, 5.41) is 14.0. The van der Waals surface area contributed by atoms with Crippen molar-refractivity contribution in [3.8, 4) is 0 Å². The van der Waals surface area contributed by atoms with Crippen molar-refractivity contribution in [2.75, 3.05) is 18.0 Å². The lowest BCUT2D eigenvalue weighted by Gasteiger charge is -2.42. The maximum atomic E-state index is 12.0. The third-order valence-corrected chi connectivity index (χ3v) is 3.72. The topological polar surface area (TPSA) is 92.6 Å². The van der Waals surface area contributed by atoms with E-state index in [1.165, 1.54) is 19.1 Å². The van der Waals surface area contributed by atoms with Crippen molar-refractivity contribution in [1.29, 1.82) is 0 Å². The van der Waals surface area contributed by atoms with E-state index in [9.17, 15) is 19.7 Å². The number of amides is 1. The number of Topliss-reactive ketones (excluding diaryl/α,β-unsaturated/α-hetero) is 1. The van der Waals surface area contributed by atoms with Crippen molar-refractivity contribution in [1.82, 2.24) is 5.32 Å². The molecule has 0 unspecified atom stereocenters. The number of hydrogen-bond acceptors (Lipinski definition) is 5. The Morgan fingerprint density at radius 3 is 2.67 bits per heavy atom. The van der Waals surface area contributed by atoms with Crippen molar-refractivity contribution < 1.29 is 14.5 Å². The van der Waals surface area contributed by atoms with Crippen LogP contribution in [0.2, 0.25) is 0 Å². The van der Waals surface area contributed by atoms with Crippen molar-refractivity contribution in [2.45, 2.75) is 26.3 Å². The van der Waals surface area contributed by atoms with E-state index in [1.807, 2.05) is 0 Å². The van der Waals surface area contributed by atoms with Crippen LogP contribution in [0.4, 0.5) is 11.4 Å². The number of ketones is 1. The van der Waals surface area contributed by atoms with Gasteiger partial charge in [0.1, 0.15) is 11.2 Å². The number of benzene rings is 1. The van der Waals surface area contributed by atoms with Gasteiger partial charge in [0.15, 0.2) is 5.78 Å². The maximum absolute atomic E-state index is 12.0. The van der Waals surface area contributed by atoms with Crippen LogP contribution in [0.1, 0.15) is 31.1 Å². The number of anilines is 1. The number of rotatable bonds is 3. The Bertz CT molecular complexity index is 625. The van der Waals surface area contributed by atoms with Crippen LogP contribution >= 0.6 is 0 Å². The van der Waals surface area contributed by atoms with Gasteiger partial charge in [0.2, 0.25) is 5.91 Å². The third kappa shape index (κ3) is 2.58. The van der Waals surface area contributed by atoms with Crippen LogP contribution in [0.15, 0.2) is 18.2 Å². The molecule has 7 nitrogen and oxygen atoms in total. The summed E-state index contributed by atoms with van der Waals surface area (Å²) >= 11 is 0. The zero-order valence-electron chi connectivity index (χ0n) is 12.2. The van der Waals surface area contributed by atoms with Gasteiger partial charge in [0.25, 0.3) is 5.69 Å². The summed E-state index contributed by atoms with van der Waals surface area (Å²) < 4.78 is 0. The molecule has 2 rings (SSSR count). The molecule has 0 atom stereocenters. The van der Waals surface area contributed by atoms with Crippen LogP contribution in [-0.4, -0.2) is 35.2 Å². The van der Waals surface area contributed by atoms with Crippen LogP contribution in [0.5, 0.6) is 0 Å². The van der Waals surface area contributed by atoms with Gasteiger partial charge in [0.05, 0.1) is 4.92 Å². The summed E-state index contributed by atoms with van der Waals surface area (Å²) in [6.45, 7) is 5.68. The number of hydrogen-bond donors (Lipinski definition) is 1. The minimum Gasteiger partial charge on any atom is -0.352 e. The van der Waals surface area contributed by atoms with Crippen LogP contribution in [0, 0.1) is 10.1 Å². The summed E-state index contributed by atoms with van der Waals surface area (Å²) in [6, 6.07) is 4.35. The average molecular weight is 291 g/mol. The van der Waals surface area contributed by atoms with Gasteiger partial charge in [-0.3, -0.25) is 19.7 Å². The Kier molecular flexibility index (Phi) is 3.67. The molecule has 0 aromatic heterocycles. The number of nitro groups is 1. The highest BCUT2D eigenvalue weighted by Crippen LogP contribution is 2.34. The molecule has 1 fully saturated rings. The molecule has 21 heavy (non-hydrogen) atoms. The predicted octanol–water partition coefficient (Wildman–Crippen LogP) is 1.51. The summed E-state index contributed by atoms with van der Waals surface area (Å²) in [7, 11) is 0. The molecule has 1 aromatic carbocycles. The van der Waals surface area contributed by atoms with Gasteiger partial charge >= 0.3 is 0 Å². The lowest BCUT2D eigenvalue weighted by atomic mass is 9.97. The molecule has 0 saturated carbocycles. The van der Waals surface area contributed by atoms with Gasteiger partial charge < -0.3 is 10.2 Å². The van der Waals surface area contributed by atoms with E-state index in [0.29, 0.717) is 18.8 Å². The van der Waals surface area contributed by atoms with Crippen molar-refractivity contribution in [3.63, 3.8) is 0 Å². The van der Waals surface area contributed by atoms with E-state index in [4.69, 9.17) is 0 Å². The van der Waals surface area contributed by atoms with Crippen molar-refractivity contribution in [3.05, 3.63) is 33.9 Å². The molecule has 112 valence electrons. The number of piperazine rings is 1. The lowest BCUT2D eigenvalue weighted by Crippen LogP contribution is -2.62. The third-order valence-electron chi connectivity index (χ3n) is 3.72. The SMILES string of the molecule is CC(=O)c1ccc(N2CCNC(=O)C2(C)C)c([N+](=O)[O-])c1. The molecule has 1 N–H and O–H groups in total. The maximum Gasteiger partial charge on any atom is 0.293 e. The van der Waals surface area contributed by atoms with Crippen LogP contribution in [-0.2, 0) is 4.79 Å². The first-order valence-electron chi connectivity index (χ1n) is 6.60. The fourth-order valence-corrected chi connectivity index (χ4v) is 2.44. The van der Waals surface area contributed by atoms with E-state index in [2.05, 4.69) is 5.32 Å². The Hall–Kier alpha value is -2.44. The minimum absolute atomic E-state index is 0.162. The molecular weight excluding hydrogens is 274 g/mol. The van der Waals surface area contributed by atoms with Crippen molar-refractivity contribution in [2.24, 2.45) is 0 Å². The van der Waals surface area contributed by atoms with Gasteiger partial charge in [-0.05, 0) is 32.9 Å². The van der Waals surface area contributed by atoms with E-state index >= 15 is 0 Å². The van der Waals surface area contributed by atoms with Gasteiger partial charge in [-0.1, -0.05) is 0 Å². The van der Waals surface area contributed by atoms with Crippen LogP contribution < -0.4 is 10.2 Å².